The van der Waals surface area contributed by atoms with Crippen molar-refractivity contribution < 1.29 is 0 Å². The molecule has 2 aromatic heterocycles. The van der Waals surface area contributed by atoms with E-state index in [-0.39, 0.29) is 0 Å². The van der Waals surface area contributed by atoms with Crippen LogP contribution in [0.15, 0.2) is 42.7 Å². The van der Waals surface area contributed by atoms with E-state index in [9.17, 15) is 0 Å². The van der Waals surface area contributed by atoms with E-state index in [1.807, 2.05) is 24.3 Å². The molecule has 2 heterocycles. The van der Waals surface area contributed by atoms with Crippen molar-refractivity contribution in [3.05, 3.63) is 42.7 Å². The predicted molar refractivity (Wildman–Crippen MR) is 51.9 cm³/mol. The van der Waals surface area contributed by atoms with Gasteiger partial charge in [0, 0.05) is 18.1 Å². The molecule has 2 rings (SSSR count). The number of hydrogen-bond acceptors (Lipinski definition) is 3. The largest absolute Gasteiger partial charge is 0.399 e. The maximum absolute atomic E-state index is 5.63. The fourth-order valence-corrected chi connectivity index (χ4v) is 1.10. The first-order valence-electron chi connectivity index (χ1n) is 3.99. The summed E-state index contributed by atoms with van der Waals surface area (Å²) >= 11 is 0. The Labute approximate surface area is 76.3 Å². The van der Waals surface area contributed by atoms with Crippen molar-refractivity contribution in [2.45, 2.75) is 0 Å². The summed E-state index contributed by atoms with van der Waals surface area (Å²) in [6.45, 7) is 0. The molecule has 64 valence electrons. The maximum Gasteiger partial charge on any atom is 0.0906 e. The van der Waals surface area contributed by atoms with E-state index in [1.54, 1.807) is 18.5 Å². The van der Waals surface area contributed by atoms with Crippen molar-refractivity contribution >= 4 is 5.69 Å². The molecule has 0 saturated carbocycles. The minimum absolute atomic E-state index is 0.704. The third kappa shape index (κ3) is 1.64. The highest BCUT2D eigenvalue weighted by Crippen LogP contribution is 2.14. The zero-order valence-electron chi connectivity index (χ0n) is 7.01. The second-order valence-electron chi connectivity index (χ2n) is 2.69. The number of nitrogen functional groups attached to an aromatic ring is 1. The highest BCUT2D eigenvalue weighted by molar-refractivity contribution is 5.58. The number of anilines is 1. The molecule has 0 amide bonds. The molecular weight excluding hydrogens is 162 g/mol. The quantitative estimate of drug-likeness (QED) is 0.710. The summed E-state index contributed by atoms with van der Waals surface area (Å²) in [4.78, 5) is 8.34. The van der Waals surface area contributed by atoms with Gasteiger partial charge in [0.2, 0.25) is 0 Å². The zero-order valence-corrected chi connectivity index (χ0v) is 7.01. The van der Waals surface area contributed by atoms with Crippen LogP contribution in [0, 0.1) is 0 Å². The molecule has 0 atom stereocenters. The smallest absolute Gasteiger partial charge is 0.0906 e. The average Bonchev–Trinajstić information content (AvgIpc) is 2.19. The van der Waals surface area contributed by atoms with E-state index in [0.717, 1.165) is 11.4 Å². The molecule has 0 aliphatic rings. The number of hydrogen-bond donors (Lipinski definition) is 1. The summed E-state index contributed by atoms with van der Waals surface area (Å²) in [5, 5.41) is 0. The second kappa shape index (κ2) is 3.23. The highest BCUT2D eigenvalue weighted by atomic mass is 14.8. The first-order valence-corrected chi connectivity index (χ1v) is 3.99. The molecule has 2 N–H and O–H groups in total. The second-order valence-corrected chi connectivity index (χ2v) is 2.69. The van der Waals surface area contributed by atoms with Crippen LogP contribution in [0.5, 0.6) is 0 Å². The summed E-state index contributed by atoms with van der Waals surface area (Å²) in [6, 6.07) is 9.26. The van der Waals surface area contributed by atoms with Gasteiger partial charge in [-0.1, -0.05) is 6.07 Å². The van der Waals surface area contributed by atoms with Crippen LogP contribution in [0.25, 0.3) is 11.4 Å². The Balaban J connectivity index is 2.48. The first-order chi connectivity index (χ1) is 6.36. The molecule has 3 nitrogen and oxygen atoms in total. The molecule has 0 saturated heterocycles. The maximum atomic E-state index is 5.63. The van der Waals surface area contributed by atoms with Gasteiger partial charge < -0.3 is 5.73 Å². The van der Waals surface area contributed by atoms with Gasteiger partial charge in [-0.15, -0.1) is 0 Å². The molecular formula is C10H9N3. The van der Waals surface area contributed by atoms with Gasteiger partial charge in [-0.05, 0) is 24.3 Å². The molecule has 0 aromatic carbocycles. The van der Waals surface area contributed by atoms with Crippen molar-refractivity contribution in [2.24, 2.45) is 0 Å². The molecule has 0 spiro atoms. The molecule has 2 aromatic rings. The third-order valence-electron chi connectivity index (χ3n) is 1.71. The topological polar surface area (TPSA) is 51.8 Å². The van der Waals surface area contributed by atoms with E-state index in [4.69, 9.17) is 5.73 Å². The lowest BCUT2D eigenvalue weighted by atomic mass is 10.2. The average molecular weight is 171 g/mol. The normalized spacial score (nSPS) is 9.85. The van der Waals surface area contributed by atoms with Gasteiger partial charge in [-0.2, -0.15) is 0 Å². The summed E-state index contributed by atoms with van der Waals surface area (Å²) in [6.07, 6.45) is 3.42. The number of nitrogens with two attached hydrogens (primary N) is 1. The standard InChI is InChI=1S/C10H9N3/c11-8-4-6-13-10(7-8)9-3-1-2-5-12-9/h1-7H,(H2,11,13). The molecule has 13 heavy (non-hydrogen) atoms. The molecule has 0 fully saturated rings. The molecule has 0 unspecified atom stereocenters. The lowest BCUT2D eigenvalue weighted by molar-refractivity contribution is 1.25. The van der Waals surface area contributed by atoms with Crippen molar-refractivity contribution in [3.63, 3.8) is 0 Å². The number of rotatable bonds is 1. The van der Waals surface area contributed by atoms with Crippen LogP contribution in [-0.2, 0) is 0 Å². The SMILES string of the molecule is Nc1ccnc(-c2ccccn2)c1. The fraction of sp³-hybridized carbons (Fsp3) is 0. The van der Waals surface area contributed by atoms with Crippen LogP contribution < -0.4 is 5.73 Å². The highest BCUT2D eigenvalue weighted by Gasteiger charge is 1.98. The zero-order chi connectivity index (χ0) is 9.10. The predicted octanol–water partition coefficient (Wildman–Crippen LogP) is 1.73. The number of nitrogens with zero attached hydrogens (tertiary/aromatic N) is 2. The molecule has 0 radical (unpaired) electrons. The van der Waals surface area contributed by atoms with Crippen LogP contribution in [0.3, 0.4) is 0 Å². The lowest BCUT2D eigenvalue weighted by Crippen LogP contribution is -1.89. The number of aromatic nitrogens is 2. The van der Waals surface area contributed by atoms with Crippen LogP contribution in [0.4, 0.5) is 5.69 Å². The Morgan fingerprint density at radius 1 is 0.923 bits per heavy atom. The minimum atomic E-state index is 0.704. The van der Waals surface area contributed by atoms with Crippen molar-refractivity contribution in [1.82, 2.24) is 9.97 Å². The number of pyridine rings is 2. The van der Waals surface area contributed by atoms with Gasteiger partial charge >= 0.3 is 0 Å². The molecule has 0 aliphatic carbocycles. The van der Waals surface area contributed by atoms with E-state index in [0.29, 0.717) is 5.69 Å². The Bertz CT molecular complexity index is 398. The van der Waals surface area contributed by atoms with Crippen LogP contribution in [0.2, 0.25) is 0 Å². The minimum Gasteiger partial charge on any atom is -0.399 e. The van der Waals surface area contributed by atoms with Gasteiger partial charge in [0.25, 0.3) is 0 Å². The Hall–Kier alpha value is -1.90. The van der Waals surface area contributed by atoms with Crippen molar-refractivity contribution in [2.75, 3.05) is 5.73 Å². The summed E-state index contributed by atoms with van der Waals surface area (Å²) in [5.74, 6) is 0. The van der Waals surface area contributed by atoms with Crippen molar-refractivity contribution in [1.29, 1.82) is 0 Å². The fourth-order valence-electron chi connectivity index (χ4n) is 1.10. The van der Waals surface area contributed by atoms with Gasteiger partial charge in [-0.25, -0.2) is 0 Å². The van der Waals surface area contributed by atoms with E-state index >= 15 is 0 Å². The summed E-state index contributed by atoms with van der Waals surface area (Å²) in [7, 11) is 0. The molecule has 3 heteroatoms. The van der Waals surface area contributed by atoms with Crippen LogP contribution in [-0.4, -0.2) is 9.97 Å². The monoisotopic (exact) mass is 171 g/mol. The lowest BCUT2D eigenvalue weighted by Gasteiger charge is -1.99. The third-order valence-corrected chi connectivity index (χ3v) is 1.71. The van der Waals surface area contributed by atoms with E-state index < -0.39 is 0 Å². The van der Waals surface area contributed by atoms with Gasteiger partial charge in [-0.3, -0.25) is 9.97 Å². The van der Waals surface area contributed by atoms with Gasteiger partial charge in [0.1, 0.15) is 0 Å². The van der Waals surface area contributed by atoms with Gasteiger partial charge in [0.15, 0.2) is 0 Å². The summed E-state index contributed by atoms with van der Waals surface area (Å²) in [5.41, 5.74) is 7.98. The molecule has 0 bridgehead atoms. The van der Waals surface area contributed by atoms with Crippen molar-refractivity contribution in [3.8, 4) is 11.4 Å². The van der Waals surface area contributed by atoms with E-state index in [1.165, 1.54) is 0 Å². The summed E-state index contributed by atoms with van der Waals surface area (Å²) < 4.78 is 0. The van der Waals surface area contributed by atoms with Gasteiger partial charge in [0.05, 0.1) is 11.4 Å². The van der Waals surface area contributed by atoms with Crippen LogP contribution >= 0.6 is 0 Å². The Morgan fingerprint density at radius 2 is 1.77 bits per heavy atom. The van der Waals surface area contributed by atoms with Crippen LogP contribution in [0.1, 0.15) is 0 Å². The molecule has 0 aliphatic heterocycles. The van der Waals surface area contributed by atoms with E-state index in [2.05, 4.69) is 9.97 Å². The Kier molecular flexibility index (Phi) is 1.92. The Morgan fingerprint density at radius 3 is 2.46 bits per heavy atom. The first kappa shape index (κ1) is 7.73.